The maximum Gasteiger partial charge on any atom is 0.293 e. The predicted molar refractivity (Wildman–Crippen MR) is 79.7 cm³/mol. The smallest absolute Gasteiger partial charge is 0.293 e. The number of benzene rings is 1. The van der Waals surface area contributed by atoms with E-state index in [1.165, 1.54) is 12.1 Å². The minimum Gasteiger partial charge on any atom is -0.381 e. The van der Waals surface area contributed by atoms with Gasteiger partial charge >= 0.3 is 0 Å². The lowest BCUT2D eigenvalue weighted by molar-refractivity contribution is -0.384. The number of rotatable bonds is 4. The number of nitro groups is 1. The SMILES string of the molecule is CC(Nc1cc(Cl)c(Cl)cc1[N+](=O)[O-])C1CCOCC1. The zero-order valence-corrected chi connectivity index (χ0v) is 12.6. The molecule has 7 heteroatoms. The second-order valence-corrected chi connectivity index (χ2v) is 5.74. The standard InChI is InChI=1S/C13H16Cl2N2O3/c1-8(9-2-4-20-5-3-9)16-12-6-10(14)11(15)7-13(12)17(18)19/h6-9,16H,2-5H2,1H3. The van der Waals surface area contributed by atoms with Crippen molar-refractivity contribution in [1.29, 1.82) is 0 Å². The van der Waals surface area contributed by atoms with Crippen LogP contribution in [-0.4, -0.2) is 24.2 Å². The van der Waals surface area contributed by atoms with E-state index >= 15 is 0 Å². The van der Waals surface area contributed by atoms with Gasteiger partial charge in [0.25, 0.3) is 5.69 Å². The van der Waals surface area contributed by atoms with Crippen molar-refractivity contribution >= 4 is 34.6 Å². The Morgan fingerprint density at radius 1 is 1.35 bits per heavy atom. The summed E-state index contributed by atoms with van der Waals surface area (Å²) in [5, 5.41) is 14.8. The minimum absolute atomic E-state index is 0.0571. The fourth-order valence-corrected chi connectivity index (χ4v) is 2.70. The third-order valence-corrected chi connectivity index (χ3v) is 4.31. The third-order valence-electron chi connectivity index (χ3n) is 3.59. The summed E-state index contributed by atoms with van der Waals surface area (Å²) >= 11 is 11.8. The molecular formula is C13H16Cl2N2O3. The molecule has 2 rings (SSSR count). The van der Waals surface area contributed by atoms with Gasteiger partial charge in [-0.3, -0.25) is 10.1 Å². The van der Waals surface area contributed by atoms with Gasteiger partial charge in [0.15, 0.2) is 0 Å². The number of nitrogens with zero attached hydrogens (tertiary/aromatic N) is 1. The molecule has 5 nitrogen and oxygen atoms in total. The number of anilines is 1. The van der Waals surface area contributed by atoms with Crippen LogP contribution in [0.5, 0.6) is 0 Å². The van der Waals surface area contributed by atoms with Crippen LogP contribution in [0, 0.1) is 16.0 Å². The number of halogens is 2. The Kier molecular flexibility index (Phi) is 5.07. The summed E-state index contributed by atoms with van der Waals surface area (Å²) in [6, 6.07) is 2.90. The van der Waals surface area contributed by atoms with Crippen molar-refractivity contribution in [3.05, 3.63) is 32.3 Å². The zero-order chi connectivity index (χ0) is 14.7. The summed E-state index contributed by atoms with van der Waals surface area (Å²) < 4.78 is 5.32. The zero-order valence-electron chi connectivity index (χ0n) is 11.1. The molecule has 1 aromatic rings. The lowest BCUT2D eigenvalue weighted by Crippen LogP contribution is -2.31. The van der Waals surface area contributed by atoms with Gasteiger partial charge in [0.2, 0.25) is 0 Å². The molecule has 0 saturated carbocycles. The molecule has 20 heavy (non-hydrogen) atoms. The molecule has 0 radical (unpaired) electrons. The highest BCUT2D eigenvalue weighted by atomic mass is 35.5. The fourth-order valence-electron chi connectivity index (χ4n) is 2.38. The Morgan fingerprint density at radius 2 is 1.95 bits per heavy atom. The molecule has 0 amide bonds. The van der Waals surface area contributed by atoms with E-state index in [4.69, 9.17) is 27.9 Å². The van der Waals surface area contributed by atoms with Crippen molar-refractivity contribution in [1.82, 2.24) is 0 Å². The lowest BCUT2D eigenvalue weighted by atomic mass is 9.93. The first kappa shape index (κ1) is 15.4. The van der Waals surface area contributed by atoms with Crippen LogP contribution in [0.3, 0.4) is 0 Å². The monoisotopic (exact) mass is 318 g/mol. The van der Waals surface area contributed by atoms with Crippen LogP contribution in [0.25, 0.3) is 0 Å². The van der Waals surface area contributed by atoms with E-state index in [2.05, 4.69) is 5.32 Å². The average molecular weight is 319 g/mol. The summed E-state index contributed by atoms with van der Waals surface area (Å²) in [5.74, 6) is 0.429. The van der Waals surface area contributed by atoms with E-state index in [1.54, 1.807) is 0 Å². The summed E-state index contributed by atoms with van der Waals surface area (Å²) in [7, 11) is 0. The van der Waals surface area contributed by atoms with Gasteiger partial charge in [0.1, 0.15) is 5.69 Å². The summed E-state index contributed by atoms with van der Waals surface area (Å²) in [6.07, 6.45) is 1.90. The molecule has 1 fully saturated rings. The van der Waals surface area contributed by atoms with Crippen LogP contribution >= 0.6 is 23.2 Å². The molecule has 1 saturated heterocycles. The molecule has 0 spiro atoms. The first-order chi connectivity index (χ1) is 9.49. The second-order valence-electron chi connectivity index (χ2n) is 4.92. The highest BCUT2D eigenvalue weighted by Gasteiger charge is 2.24. The predicted octanol–water partition coefficient (Wildman–Crippen LogP) is 4.13. The van der Waals surface area contributed by atoms with E-state index in [9.17, 15) is 10.1 Å². The summed E-state index contributed by atoms with van der Waals surface area (Å²) in [4.78, 5) is 10.6. The van der Waals surface area contributed by atoms with Crippen LogP contribution < -0.4 is 5.32 Å². The number of hydrogen-bond donors (Lipinski definition) is 1. The molecule has 1 aliphatic rings. The van der Waals surface area contributed by atoms with Gasteiger partial charge in [0, 0.05) is 25.3 Å². The molecule has 0 bridgehead atoms. The molecule has 1 heterocycles. The summed E-state index contributed by atoms with van der Waals surface area (Å²) in [6.45, 7) is 3.49. The van der Waals surface area contributed by atoms with Crippen molar-refractivity contribution < 1.29 is 9.66 Å². The average Bonchev–Trinajstić information content (AvgIpc) is 2.43. The Labute approximate surface area is 127 Å². The maximum atomic E-state index is 11.1. The van der Waals surface area contributed by atoms with Crippen LogP contribution in [0.2, 0.25) is 10.0 Å². The van der Waals surface area contributed by atoms with Crippen molar-refractivity contribution in [3.63, 3.8) is 0 Å². The van der Waals surface area contributed by atoms with Crippen LogP contribution in [0.4, 0.5) is 11.4 Å². The molecule has 1 atom stereocenters. The highest BCUT2D eigenvalue weighted by Crippen LogP contribution is 2.35. The molecule has 0 aromatic heterocycles. The van der Waals surface area contributed by atoms with Crippen molar-refractivity contribution in [2.75, 3.05) is 18.5 Å². The lowest BCUT2D eigenvalue weighted by Gasteiger charge is -2.29. The molecule has 0 aliphatic carbocycles. The Balaban J connectivity index is 2.19. The first-order valence-electron chi connectivity index (χ1n) is 6.46. The summed E-state index contributed by atoms with van der Waals surface area (Å²) in [5.41, 5.74) is 0.349. The molecule has 1 aliphatic heterocycles. The normalized spacial score (nSPS) is 17.8. The van der Waals surface area contributed by atoms with Crippen LogP contribution in [-0.2, 0) is 4.74 Å². The molecule has 110 valence electrons. The fraction of sp³-hybridized carbons (Fsp3) is 0.538. The maximum absolute atomic E-state index is 11.1. The molecular weight excluding hydrogens is 303 g/mol. The first-order valence-corrected chi connectivity index (χ1v) is 7.22. The second kappa shape index (κ2) is 6.61. The van der Waals surface area contributed by atoms with Crippen LogP contribution in [0.15, 0.2) is 12.1 Å². The molecule has 1 N–H and O–H groups in total. The molecule has 1 aromatic carbocycles. The van der Waals surface area contributed by atoms with Gasteiger partial charge in [-0.1, -0.05) is 23.2 Å². The van der Waals surface area contributed by atoms with Gasteiger partial charge in [-0.25, -0.2) is 0 Å². The van der Waals surface area contributed by atoms with E-state index in [0.717, 1.165) is 26.1 Å². The van der Waals surface area contributed by atoms with E-state index in [-0.39, 0.29) is 16.8 Å². The van der Waals surface area contributed by atoms with Crippen LogP contribution in [0.1, 0.15) is 19.8 Å². The van der Waals surface area contributed by atoms with Gasteiger partial charge < -0.3 is 10.1 Å². The topological polar surface area (TPSA) is 64.4 Å². The van der Waals surface area contributed by atoms with Crippen molar-refractivity contribution in [3.8, 4) is 0 Å². The number of hydrogen-bond acceptors (Lipinski definition) is 4. The van der Waals surface area contributed by atoms with Crippen molar-refractivity contribution in [2.45, 2.75) is 25.8 Å². The van der Waals surface area contributed by atoms with Crippen molar-refractivity contribution in [2.24, 2.45) is 5.92 Å². The Hall–Kier alpha value is -1.04. The van der Waals surface area contributed by atoms with E-state index in [1.807, 2.05) is 6.92 Å². The van der Waals surface area contributed by atoms with E-state index < -0.39 is 4.92 Å². The van der Waals surface area contributed by atoms with Gasteiger partial charge in [-0.05, 0) is 31.7 Å². The largest absolute Gasteiger partial charge is 0.381 e. The Morgan fingerprint density at radius 3 is 2.55 bits per heavy atom. The highest BCUT2D eigenvalue weighted by molar-refractivity contribution is 6.42. The van der Waals surface area contributed by atoms with Gasteiger partial charge in [-0.15, -0.1) is 0 Å². The number of ether oxygens (including phenoxy) is 1. The molecule has 1 unspecified atom stereocenters. The third kappa shape index (κ3) is 3.53. The quantitative estimate of drug-likeness (QED) is 0.669. The number of nitro benzene ring substituents is 1. The van der Waals surface area contributed by atoms with E-state index in [0.29, 0.717) is 16.6 Å². The van der Waals surface area contributed by atoms with Gasteiger partial charge in [-0.2, -0.15) is 0 Å². The van der Waals surface area contributed by atoms with Gasteiger partial charge in [0.05, 0.1) is 15.0 Å². The Bertz CT molecular complexity index is 505. The minimum atomic E-state index is -0.457. The number of nitrogens with one attached hydrogen (secondary N) is 1.